The first-order valence-electron chi connectivity index (χ1n) is 12.2. The molecule has 1 N–H and O–H groups in total. The van der Waals surface area contributed by atoms with Crippen molar-refractivity contribution in [2.75, 3.05) is 46.3 Å². The van der Waals surface area contributed by atoms with Crippen LogP contribution in [0.3, 0.4) is 0 Å². The van der Waals surface area contributed by atoms with Crippen molar-refractivity contribution >= 4 is 5.91 Å². The van der Waals surface area contributed by atoms with Gasteiger partial charge in [-0.25, -0.2) is 0 Å². The fourth-order valence-corrected chi connectivity index (χ4v) is 4.94. The fourth-order valence-electron chi connectivity index (χ4n) is 4.94. The van der Waals surface area contributed by atoms with E-state index >= 15 is 0 Å². The van der Waals surface area contributed by atoms with Crippen molar-refractivity contribution in [1.29, 1.82) is 0 Å². The normalized spacial score (nSPS) is 19.9. The zero-order valence-corrected chi connectivity index (χ0v) is 19.5. The SMILES string of the molecule is CN1CCN(C(C(=O)NCc2ccccc2CN2CCCCCC2)c2ccccc2)CC1. The van der Waals surface area contributed by atoms with E-state index in [1.807, 2.05) is 18.2 Å². The van der Waals surface area contributed by atoms with Crippen LogP contribution in [-0.4, -0.2) is 66.9 Å². The summed E-state index contributed by atoms with van der Waals surface area (Å²) in [4.78, 5) is 20.7. The average Bonchev–Trinajstić information content (AvgIpc) is 3.09. The number of amides is 1. The molecule has 0 aromatic heterocycles. The Morgan fingerprint density at radius 1 is 0.812 bits per heavy atom. The summed E-state index contributed by atoms with van der Waals surface area (Å²) in [6, 6.07) is 18.6. The van der Waals surface area contributed by atoms with E-state index in [1.165, 1.54) is 49.9 Å². The molecule has 2 fully saturated rings. The summed E-state index contributed by atoms with van der Waals surface area (Å²) in [7, 11) is 2.15. The number of carbonyl (C=O) groups is 1. The zero-order valence-electron chi connectivity index (χ0n) is 19.5. The second-order valence-corrected chi connectivity index (χ2v) is 9.33. The minimum absolute atomic E-state index is 0.102. The molecule has 2 aliphatic rings. The lowest BCUT2D eigenvalue weighted by molar-refractivity contribution is -0.127. The van der Waals surface area contributed by atoms with Crippen LogP contribution in [0.1, 0.15) is 48.4 Å². The third-order valence-corrected chi connectivity index (χ3v) is 6.93. The van der Waals surface area contributed by atoms with Gasteiger partial charge in [-0.3, -0.25) is 14.6 Å². The van der Waals surface area contributed by atoms with E-state index in [1.54, 1.807) is 0 Å². The lowest BCUT2D eigenvalue weighted by Crippen LogP contribution is -2.49. The van der Waals surface area contributed by atoms with Gasteiger partial charge in [0.25, 0.3) is 0 Å². The first-order valence-corrected chi connectivity index (χ1v) is 12.2. The van der Waals surface area contributed by atoms with Crippen molar-refractivity contribution in [3.8, 4) is 0 Å². The first kappa shape index (κ1) is 23.0. The van der Waals surface area contributed by atoms with Crippen LogP contribution in [0.15, 0.2) is 54.6 Å². The van der Waals surface area contributed by atoms with Crippen LogP contribution in [0.25, 0.3) is 0 Å². The summed E-state index contributed by atoms with van der Waals surface area (Å²) < 4.78 is 0. The van der Waals surface area contributed by atoms with E-state index in [0.29, 0.717) is 6.54 Å². The van der Waals surface area contributed by atoms with Gasteiger partial charge in [-0.15, -0.1) is 0 Å². The number of hydrogen-bond donors (Lipinski definition) is 1. The molecule has 32 heavy (non-hydrogen) atoms. The summed E-state index contributed by atoms with van der Waals surface area (Å²) in [6.45, 7) is 7.74. The Kier molecular flexibility index (Phi) is 8.32. The number of carbonyl (C=O) groups excluding carboxylic acids is 1. The van der Waals surface area contributed by atoms with Crippen LogP contribution in [0, 0.1) is 0 Å². The van der Waals surface area contributed by atoms with Gasteiger partial charge in [-0.1, -0.05) is 67.4 Å². The van der Waals surface area contributed by atoms with Crippen molar-refractivity contribution < 1.29 is 4.79 Å². The van der Waals surface area contributed by atoms with E-state index in [-0.39, 0.29) is 11.9 Å². The topological polar surface area (TPSA) is 38.8 Å². The van der Waals surface area contributed by atoms with Gasteiger partial charge in [-0.2, -0.15) is 0 Å². The zero-order chi connectivity index (χ0) is 22.2. The highest BCUT2D eigenvalue weighted by atomic mass is 16.2. The smallest absolute Gasteiger partial charge is 0.242 e. The highest BCUT2D eigenvalue weighted by molar-refractivity contribution is 5.83. The molecule has 0 saturated carbocycles. The standard InChI is InChI=1S/C27H38N4O/c1-29-17-19-31(20-18-29)26(23-11-5-4-6-12-23)27(32)28-21-24-13-7-8-14-25(24)22-30-15-9-2-3-10-16-30/h4-8,11-14,26H,2-3,9-10,15-22H2,1H3,(H,28,32). The monoisotopic (exact) mass is 434 g/mol. The minimum Gasteiger partial charge on any atom is -0.350 e. The molecule has 2 aliphatic heterocycles. The summed E-state index contributed by atoms with van der Waals surface area (Å²) in [5.41, 5.74) is 3.65. The molecule has 172 valence electrons. The van der Waals surface area contributed by atoms with Crippen molar-refractivity contribution in [3.63, 3.8) is 0 Å². The second kappa shape index (κ2) is 11.6. The Balaban J connectivity index is 1.44. The van der Waals surface area contributed by atoms with Gasteiger partial charge >= 0.3 is 0 Å². The molecule has 0 aliphatic carbocycles. The average molecular weight is 435 g/mol. The molecular weight excluding hydrogens is 396 g/mol. The molecule has 2 aromatic carbocycles. The van der Waals surface area contributed by atoms with Crippen LogP contribution < -0.4 is 5.32 Å². The van der Waals surface area contributed by atoms with Crippen LogP contribution in [0.2, 0.25) is 0 Å². The third-order valence-electron chi connectivity index (χ3n) is 6.93. The Morgan fingerprint density at radius 2 is 1.44 bits per heavy atom. The molecule has 4 rings (SSSR count). The van der Waals surface area contributed by atoms with Crippen LogP contribution in [0.4, 0.5) is 0 Å². The summed E-state index contributed by atoms with van der Waals surface area (Å²) in [5, 5.41) is 3.28. The molecule has 5 nitrogen and oxygen atoms in total. The van der Waals surface area contributed by atoms with Gasteiger partial charge in [0, 0.05) is 39.3 Å². The Hall–Kier alpha value is -2.21. The van der Waals surface area contributed by atoms with Gasteiger partial charge in [-0.05, 0) is 49.7 Å². The molecule has 2 aromatic rings. The molecule has 1 amide bonds. The maximum atomic E-state index is 13.5. The maximum absolute atomic E-state index is 13.5. The van der Waals surface area contributed by atoms with Crippen molar-refractivity contribution in [1.82, 2.24) is 20.0 Å². The fraction of sp³-hybridized carbons (Fsp3) is 0.519. The highest BCUT2D eigenvalue weighted by Gasteiger charge is 2.29. The van der Waals surface area contributed by atoms with E-state index in [2.05, 4.69) is 63.5 Å². The number of nitrogens with zero attached hydrogens (tertiary/aromatic N) is 3. The number of hydrogen-bond acceptors (Lipinski definition) is 4. The second-order valence-electron chi connectivity index (χ2n) is 9.33. The van der Waals surface area contributed by atoms with Gasteiger partial charge in [0.2, 0.25) is 5.91 Å². The number of likely N-dealkylation sites (tertiary alicyclic amines) is 1. The van der Waals surface area contributed by atoms with Gasteiger partial charge in [0.1, 0.15) is 6.04 Å². The number of benzene rings is 2. The molecular formula is C27H38N4O. The Labute approximate surface area is 193 Å². The number of rotatable bonds is 7. The predicted octanol–water partition coefficient (Wildman–Crippen LogP) is 3.67. The third kappa shape index (κ3) is 6.18. The molecule has 5 heteroatoms. The van der Waals surface area contributed by atoms with E-state index in [9.17, 15) is 4.79 Å². The van der Waals surface area contributed by atoms with Crippen molar-refractivity contribution in [2.24, 2.45) is 0 Å². The lowest BCUT2D eigenvalue weighted by Gasteiger charge is -2.37. The molecule has 0 radical (unpaired) electrons. The molecule has 0 spiro atoms. The molecule has 2 saturated heterocycles. The van der Waals surface area contributed by atoms with Crippen molar-refractivity contribution in [2.45, 2.75) is 44.8 Å². The maximum Gasteiger partial charge on any atom is 0.242 e. The molecule has 1 unspecified atom stereocenters. The molecule has 2 heterocycles. The largest absolute Gasteiger partial charge is 0.350 e. The number of nitrogens with one attached hydrogen (secondary N) is 1. The Morgan fingerprint density at radius 3 is 2.12 bits per heavy atom. The summed E-state index contributed by atoms with van der Waals surface area (Å²) in [6.07, 6.45) is 5.29. The predicted molar refractivity (Wildman–Crippen MR) is 130 cm³/mol. The lowest BCUT2D eigenvalue weighted by atomic mass is 10.0. The van der Waals surface area contributed by atoms with Crippen LogP contribution >= 0.6 is 0 Å². The quantitative estimate of drug-likeness (QED) is 0.722. The summed E-state index contributed by atoms with van der Waals surface area (Å²) >= 11 is 0. The van der Waals surface area contributed by atoms with E-state index in [0.717, 1.165) is 38.3 Å². The number of piperazine rings is 1. The van der Waals surface area contributed by atoms with Gasteiger partial charge < -0.3 is 10.2 Å². The van der Waals surface area contributed by atoms with Crippen LogP contribution in [0.5, 0.6) is 0 Å². The van der Waals surface area contributed by atoms with E-state index < -0.39 is 0 Å². The molecule has 0 bridgehead atoms. The van der Waals surface area contributed by atoms with Crippen LogP contribution in [-0.2, 0) is 17.9 Å². The highest BCUT2D eigenvalue weighted by Crippen LogP contribution is 2.23. The number of likely N-dealkylation sites (N-methyl/N-ethyl adjacent to an activating group) is 1. The van der Waals surface area contributed by atoms with Gasteiger partial charge in [0.05, 0.1) is 0 Å². The van der Waals surface area contributed by atoms with Crippen molar-refractivity contribution in [3.05, 3.63) is 71.3 Å². The van der Waals surface area contributed by atoms with Gasteiger partial charge in [0.15, 0.2) is 0 Å². The Bertz CT molecular complexity index is 840. The first-order chi connectivity index (χ1) is 15.7. The molecule has 1 atom stereocenters. The summed E-state index contributed by atoms with van der Waals surface area (Å²) in [5.74, 6) is 0.102. The van der Waals surface area contributed by atoms with E-state index in [4.69, 9.17) is 0 Å². The minimum atomic E-state index is -0.234.